The summed E-state index contributed by atoms with van der Waals surface area (Å²) >= 11 is 0. The van der Waals surface area contributed by atoms with Crippen LogP contribution in [-0.4, -0.2) is 32.9 Å². The number of aryl methyl sites for hydroxylation is 1. The van der Waals surface area contributed by atoms with Gasteiger partial charge in [0.2, 0.25) is 0 Å². The highest BCUT2D eigenvalue weighted by molar-refractivity contribution is 5.80. The Labute approximate surface area is 160 Å². The molecule has 0 spiro atoms. The molecule has 0 saturated carbocycles. The largest absolute Gasteiger partial charge is 0.487 e. The number of nitrogens with one attached hydrogen (secondary N) is 2. The van der Waals surface area contributed by atoms with Crippen molar-refractivity contribution >= 4 is 5.96 Å². The van der Waals surface area contributed by atoms with Crippen molar-refractivity contribution in [1.29, 1.82) is 0 Å². The molecule has 0 saturated heterocycles. The zero-order valence-electron chi connectivity index (χ0n) is 16.5. The standard InChI is InChI=1S/C20H28N6O/c1-6-11-21-19(22-13-18-25-24-14(2)26(18)5)23-16-12-20(3,4)27-17-10-8-7-9-15(16)17/h6-10,16H,1,11-13H2,2-5H3,(H2,21,22,23). The zero-order valence-corrected chi connectivity index (χ0v) is 16.5. The van der Waals surface area contributed by atoms with E-state index in [2.05, 4.69) is 47.3 Å². The first-order valence-electron chi connectivity index (χ1n) is 9.18. The molecule has 0 fully saturated rings. The molecular formula is C20H28N6O. The summed E-state index contributed by atoms with van der Waals surface area (Å²) in [6.07, 6.45) is 2.65. The summed E-state index contributed by atoms with van der Waals surface area (Å²) in [5.74, 6) is 3.32. The van der Waals surface area contributed by atoms with Crippen LogP contribution in [0, 0.1) is 6.92 Å². The minimum Gasteiger partial charge on any atom is -0.487 e. The average molecular weight is 368 g/mol. The number of ether oxygens (including phenoxy) is 1. The Bertz CT molecular complexity index is 839. The summed E-state index contributed by atoms with van der Waals surface area (Å²) in [6, 6.07) is 8.24. The van der Waals surface area contributed by atoms with E-state index < -0.39 is 0 Å². The first kappa shape index (κ1) is 18.9. The van der Waals surface area contributed by atoms with Crippen LogP contribution in [0.3, 0.4) is 0 Å². The quantitative estimate of drug-likeness (QED) is 0.482. The molecule has 2 heterocycles. The number of aromatic nitrogens is 3. The second-order valence-corrected chi connectivity index (χ2v) is 7.36. The molecule has 27 heavy (non-hydrogen) atoms. The van der Waals surface area contributed by atoms with Crippen molar-refractivity contribution in [2.75, 3.05) is 6.54 Å². The topological polar surface area (TPSA) is 76.4 Å². The Morgan fingerprint density at radius 1 is 1.41 bits per heavy atom. The van der Waals surface area contributed by atoms with Crippen molar-refractivity contribution in [2.45, 2.75) is 45.4 Å². The molecular weight excluding hydrogens is 340 g/mol. The van der Waals surface area contributed by atoms with Gasteiger partial charge >= 0.3 is 0 Å². The van der Waals surface area contributed by atoms with Gasteiger partial charge in [0.25, 0.3) is 0 Å². The minimum absolute atomic E-state index is 0.0993. The molecule has 7 heteroatoms. The Balaban J connectivity index is 1.82. The maximum absolute atomic E-state index is 6.12. The normalized spacial score (nSPS) is 18.4. The summed E-state index contributed by atoms with van der Waals surface area (Å²) in [6.45, 7) is 11.0. The fraction of sp³-hybridized carbons (Fsp3) is 0.450. The third-order valence-electron chi connectivity index (χ3n) is 4.66. The fourth-order valence-corrected chi connectivity index (χ4v) is 3.16. The van der Waals surface area contributed by atoms with E-state index in [0.29, 0.717) is 19.0 Å². The lowest BCUT2D eigenvalue weighted by molar-refractivity contribution is 0.0694. The molecule has 0 amide bonds. The predicted octanol–water partition coefficient (Wildman–Crippen LogP) is 2.65. The number of aliphatic imine (C=N–C) groups is 1. The van der Waals surface area contributed by atoms with Crippen LogP contribution in [0.4, 0.5) is 0 Å². The summed E-state index contributed by atoms with van der Waals surface area (Å²) in [7, 11) is 1.95. The molecule has 0 radical (unpaired) electrons. The lowest BCUT2D eigenvalue weighted by Gasteiger charge is -2.38. The number of guanidine groups is 1. The highest BCUT2D eigenvalue weighted by Gasteiger charge is 2.33. The van der Waals surface area contributed by atoms with Gasteiger partial charge in [-0.3, -0.25) is 0 Å². The molecule has 0 bridgehead atoms. The van der Waals surface area contributed by atoms with Gasteiger partial charge in [0.05, 0.1) is 6.04 Å². The van der Waals surface area contributed by atoms with Crippen molar-refractivity contribution in [3.8, 4) is 5.75 Å². The predicted molar refractivity (Wildman–Crippen MR) is 107 cm³/mol. The van der Waals surface area contributed by atoms with Crippen LogP contribution in [0.25, 0.3) is 0 Å². The van der Waals surface area contributed by atoms with Gasteiger partial charge in [0, 0.05) is 25.6 Å². The fourth-order valence-electron chi connectivity index (χ4n) is 3.16. The van der Waals surface area contributed by atoms with Crippen LogP contribution >= 0.6 is 0 Å². The van der Waals surface area contributed by atoms with Crippen LogP contribution in [0.1, 0.15) is 43.5 Å². The second-order valence-electron chi connectivity index (χ2n) is 7.36. The Morgan fingerprint density at radius 2 is 2.19 bits per heavy atom. The van der Waals surface area contributed by atoms with Gasteiger partial charge in [-0.25, -0.2) is 4.99 Å². The molecule has 1 unspecified atom stereocenters. The smallest absolute Gasteiger partial charge is 0.192 e. The van der Waals surface area contributed by atoms with Crippen molar-refractivity contribution < 1.29 is 4.74 Å². The number of rotatable bonds is 5. The van der Waals surface area contributed by atoms with E-state index in [1.54, 1.807) is 0 Å². The maximum Gasteiger partial charge on any atom is 0.192 e. The van der Waals surface area contributed by atoms with E-state index in [-0.39, 0.29) is 11.6 Å². The summed E-state index contributed by atoms with van der Waals surface area (Å²) in [5, 5.41) is 15.1. The molecule has 3 rings (SSSR count). The van der Waals surface area contributed by atoms with Crippen LogP contribution < -0.4 is 15.4 Å². The van der Waals surface area contributed by atoms with E-state index in [1.807, 2.05) is 42.8 Å². The number of benzene rings is 1. The highest BCUT2D eigenvalue weighted by Crippen LogP contribution is 2.39. The summed E-state index contributed by atoms with van der Waals surface area (Å²) in [4.78, 5) is 4.70. The Kier molecular flexibility index (Phi) is 5.48. The monoisotopic (exact) mass is 368 g/mol. The number of nitrogens with zero attached hydrogens (tertiary/aromatic N) is 4. The molecule has 1 aliphatic heterocycles. The van der Waals surface area contributed by atoms with Gasteiger partial charge < -0.3 is 19.9 Å². The van der Waals surface area contributed by atoms with Gasteiger partial charge in [-0.05, 0) is 26.8 Å². The van der Waals surface area contributed by atoms with Crippen LogP contribution in [0.15, 0.2) is 41.9 Å². The number of fused-ring (bicyclic) bond motifs is 1. The number of hydrogen-bond acceptors (Lipinski definition) is 4. The lowest BCUT2D eigenvalue weighted by atomic mass is 9.90. The van der Waals surface area contributed by atoms with E-state index in [4.69, 9.17) is 9.73 Å². The highest BCUT2D eigenvalue weighted by atomic mass is 16.5. The molecule has 1 aromatic carbocycles. The van der Waals surface area contributed by atoms with Crippen molar-refractivity contribution in [1.82, 2.24) is 25.4 Å². The van der Waals surface area contributed by atoms with Gasteiger partial charge in [0.1, 0.15) is 23.7 Å². The third kappa shape index (κ3) is 4.48. The van der Waals surface area contributed by atoms with Crippen LogP contribution in [0.2, 0.25) is 0 Å². The first-order valence-corrected chi connectivity index (χ1v) is 9.18. The Hall–Kier alpha value is -2.83. The van der Waals surface area contributed by atoms with Gasteiger partial charge in [-0.2, -0.15) is 0 Å². The van der Waals surface area contributed by atoms with Gasteiger partial charge in [-0.15, -0.1) is 16.8 Å². The number of hydrogen-bond donors (Lipinski definition) is 2. The van der Waals surface area contributed by atoms with Crippen molar-refractivity contribution in [3.63, 3.8) is 0 Å². The Morgan fingerprint density at radius 3 is 2.89 bits per heavy atom. The minimum atomic E-state index is -0.254. The van der Waals surface area contributed by atoms with E-state index in [1.165, 1.54) is 0 Å². The van der Waals surface area contributed by atoms with Gasteiger partial charge in [-0.1, -0.05) is 24.3 Å². The zero-order chi connectivity index (χ0) is 19.4. The van der Waals surface area contributed by atoms with E-state index in [9.17, 15) is 0 Å². The molecule has 2 aromatic rings. The van der Waals surface area contributed by atoms with Crippen molar-refractivity contribution in [2.24, 2.45) is 12.0 Å². The molecule has 1 aromatic heterocycles. The second kappa shape index (κ2) is 7.82. The average Bonchev–Trinajstić information content (AvgIpc) is 2.95. The van der Waals surface area contributed by atoms with Crippen LogP contribution in [-0.2, 0) is 13.6 Å². The van der Waals surface area contributed by atoms with Crippen molar-refractivity contribution in [3.05, 3.63) is 54.1 Å². The van der Waals surface area contributed by atoms with E-state index >= 15 is 0 Å². The molecule has 144 valence electrons. The molecule has 0 aliphatic carbocycles. The number of para-hydroxylation sites is 1. The van der Waals surface area contributed by atoms with E-state index in [0.717, 1.165) is 29.4 Å². The third-order valence-corrected chi connectivity index (χ3v) is 4.66. The molecule has 2 N–H and O–H groups in total. The SMILES string of the molecule is C=CCNC(=NCc1nnc(C)n1C)NC1CC(C)(C)Oc2ccccc21. The molecule has 1 aliphatic rings. The lowest BCUT2D eigenvalue weighted by Crippen LogP contribution is -2.45. The summed E-state index contributed by atoms with van der Waals surface area (Å²) < 4.78 is 8.07. The molecule has 7 nitrogen and oxygen atoms in total. The van der Waals surface area contributed by atoms with Gasteiger partial charge in [0.15, 0.2) is 11.8 Å². The maximum atomic E-state index is 6.12. The molecule has 1 atom stereocenters. The summed E-state index contributed by atoms with van der Waals surface area (Å²) in [5.41, 5.74) is 0.885. The first-order chi connectivity index (χ1) is 12.9. The van der Waals surface area contributed by atoms with Crippen LogP contribution in [0.5, 0.6) is 5.75 Å².